The fourth-order valence-corrected chi connectivity index (χ4v) is 3.31. The topological polar surface area (TPSA) is 82.0 Å². The van der Waals surface area contributed by atoms with Crippen molar-refractivity contribution in [1.82, 2.24) is 10.2 Å². The monoisotopic (exact) mass is 301 g/mol. The van der Waals surface area contributed by atoms with Gasteiger partial charge in [0, 0.05) is 12.8 Å². The zero-order chi connectivity index (χ0) is 15.3. The van der Waals surface area contributed by atoms with Gasteiger partial charge >= 0.3 is 5.97 Å². The molecule has 1 aliphatic rings. The first-order valence-corrected chi connectivity index (χ1v) is 7.64. The molecule has 0 aromatic rings. The van der Waals surface area contributed by atoms with E-state index in [2.05, 4.69) is 17.2 Å². The van der Waals surface area contributed by atoms with E-state index in [0.717, 1.165) is 17.9 Å². The molecule has 1 amide bonds. The lowest BCUT2D eigenvalue weighted by Gasteiger charge is -2.25. The SMILES string of the molecule is CNC(=O)[C@@H](C[C@H](C)CC1=NC(C(=O)O)CS1)N(C)C. The second-order valence-corrected chi connectivity index (χ2v) is 6.42. The van der Waals surface area contributed by atoms with Crippen molar-refractivity contribution in [2.75, 3.05) is 26.9 Å². The van der Waals surface area contributed by atoms with Gasteiger partial charge in [0.05, 0.1) is 11.1 Å². The van der Waals surface area contributed by atoms with Crippen LogP contribution in [-0.4, -0.2) is 65.9 Å². The van der Waals surface area contributed by atoms with Crippen molar-refractivity contribution in [3.8, 4) is 0 Å². The van der Waals surface area contributed by atoms with E-state index in [1.54, 1.807) is 7.05 Å². The van der Waals surface area contributed by atoms with E-state index < -0.39 is 12.0 Å². The summed E-state index contributed by atoms with van der Waals surface area (Å²) in [5.41, 5.74) is 0. The number of nitrogens with one attached hydrogen (secondary N) is 1. The van der Waals surface area contributed by atoms with Crippen molar-refractivity contribution in [1.29, 1.82) is 0 Å². The van der Waals surface area contributed by atoms with E-state index in [9.17, 15) is 9.59 Å². The van der Waals surface area contributed by atoms with E-state index in [1.165, 1.54) is 11.8 Å². The molecule has 0 aromatic heterocycles. The number of nitrogens with zero attached hydrogens (tertiary/aromatic N) is 2. The number of carboxylic acids is 1. The highest BCUT2D eigenvalue weighted by atomic mass is 32.2. The van der Waals surface area contributed by atoms with Crippen molar-refractivity contribution < 1.29 is 14.7 Å². The maximum Gasteiger partial charge on any atom is 0.329 e. The van der Waals surface area contributed by atoms with Gasteiger partial charge in [0.15, 0.2) is 6.04 Å². The number of rotatable bonds is 7. The van der Waals surface area contributed by atoms with E-state index in [-0.39, 0.29) is 17.9 Å². The molecule has 7 heteroatoms. The van der Waals surface area contributed by atoms with Gasteiger partial charge in [-0.15, -0.1) is 11.8 Å². The van der Waals surface area contributed by atoms with Gasteiger partial charge in [0.2, 0.25) is 5.91 Å². The van der Waals surface area contributed by atoms with Crippen LogP contribution in [0.4, 0.5) is 0 Å². The highest BCUT2D eigenvalue weighted by molar-refractivity contribution is 8.14. The number of carboxylic acid groups (broad SMARTS) is 1. The van der Waals surface area contributed by atoms with Gasteiger partial charge in [0.1, 0.15) is 0 Å². The zero-order valence-electron chi connectivity index (χ0n) is 12.4. The lowest BCUT2D eigenvalue weighted by molar-refractivity contribution is -0.137. The summed E-state index contributed by atoms with van der Waals surface area (Å²) in [7, 11) is 5.40. The first-order chi connectivity index (χ1) is 9.35. The molecule has 0 saturated carbocycles. The molecular weight excluding hydrogens is 278 g/mol. The lowest BCUT2D eigenvalue weighted by atomic mass is 9.97. The summed E-state index contributed by atoms with van der Waals surface area (Å²) in [4.78, 5) is 28.8. The lowest BCUT2D eigenvalue weighted by Crippen LogP contribution is -2.43. The van der Waals surface area contributed by atoms with Gasteiger partial charge in [-0.2, -0.15) is 0 Å². The molecular formula is C13H23N3O3S. The van der Waals surface area contributed by atoms with Crippen LogP contribution in [0.2, 0.25) is 0 Å². The Morgan fingerprint density at radius 3 is 2.65 bits per heavy atom. The van der Waals surface area contributed by atoms with Crippen LogP contribution in [0.5, 0.6) is 0 Å². The highest BCUT2D eigenvalue weighted by Gasteiger charge is 2.27. The Bertz CT molecular complexity index is 398. The molecule has 1 unspecified atom stereocenters. The first-order valence-electron chi connectivity index (χ1n) is 6.65. The van der Waals surface area contributed by atoms with Gasteiger partial charge in [-0.3, -0.25) is 14.7 Å². The maximum atomic E-state index is 11.8. The Hall–Kier alpha value is -1.08. The number of carbonyl (C=O) groups excluding carboxylic acids is 1. The third kappa shape index (κ3) is 4.79. The number of carbonyl (C=O) groups is 2. The molecule has 1 rings (SSSR count). The van der Waals surface area contributed by atoms with Crippen molar-refractivity contribution in [3.05, 3.63) is 0 Å². The number of likely N-dealkylation sites (N-methyl/N-ethyl adjacent to an activating group) is 2. The van der Waals surface area contributed by atoms with Crippen molar-refractivity contribution >= 4 is 28.7 Å². The van der Waals surface area contributed by atoms with Crippen molar-refractivity contribution in [2.45, 2.75) is 31.8 Å². The Kier molecular flexibility index (Phi) is 6.48. The van der Waals surface area contributed by atoms with Gasteiger partial charge in [-0.1, -0.05) is 6.92 Å². The Labute approximate surface area is 124 Å². The standard InChI is InChI=1S/C13H23N3O3S/c1-8(5-10(16(3)4)12(17)14-2)6-11-15-9(7-20-11)13(18)19/h8-10H,5-7H2,1-4H3,(H,14,17)(H,18,19)/t8-,9?,10+/m0/s1. The largest absolute Gasteiger partial charge is 0.480 e. The number of thioether (sulfide) groups is 1. The zero-order valence-corrected chi connectivity index (χ0v) is 13.2. The first kappa shape index (κ1) is 17.0. The molecule has 0 aromatic carbocycles. The smallest absolute Gasteiger partial charge is 0.329 e. The summed E-state index contributed by atoms with van der Waals surface area (Å²) < 4.78 is 0. The predicted molar refractivity (Wildman–Crippen MR) is 81.3 cm³/mol. The summed E-state index contributed by atoms with van der Waals surface area (Å²) in [6.45, 7) is 2.07. The van der Waals surface area contributed by atoms with Crippen LogP contribution in [0, 0.1) is 5.92 Å². The third-order valence-electron chi connectivity index (χ3n) is 3.31. The van der Waals surface area contributed by atoms with Gasteiger partial charge in [-0.05, 0) is 32.9 Å². The van der Waals surface area contributed by atoms with Crippen LogP contribution in [0.15, 0.2) is 4.99 Å². The van der Waals surface area contributed by atoms with E-state index >= 15 is 0 Å². The van der Waals surface area contributed by atoms with Gasteiger partial charge < -0.3 is 10.4 Å². The molecule has 114 valence electrons. The fourth-order valence-electron chi connectivity index (χ4n) is 2.14. The number of amides is 1. The molecule has 20 heavy (non-hydrogen) atoms. The van der Waals surface area contributed by atoms with E-state index in [0.29, 0.717) is 5.75 Å². The second kappa shape index (κ2) is 7.64. The summed E-state index contributed by atoms with van der Waals surface area (Å²) in [6, 6.07) is -0.775. The van der Waals surface area contributed by atoms with Crippen molar-refractivity contribution in [3.63, 3.8) is 0 Å². The molecule has 0 saturated heterocycles. The van der Waals surface area contributed by atoms with Crippen molar-refractivity contribution in [2.24, 2.45) is 10.9 Å². The molecule has 6 nitrogen and oxygen atoms in total. The van der Waals surface area contributed by atoms with E-state index in [1.807, 2.05) is 19.0 Å². The second-order valence-electron chi connectivity index (χ2n) is 5.33. The number of aliphatic carboxylic acids is 1. The molecule has 0 fully saturated rings. The Morgan fingerprint density at radius 2 is 2.20 bits per heavy atom. The average Bonchev–Trinajstić information content (AvgIpc) is 2.83. The molecule has 0 bridgehead atoms. The number of hydrogen-bond acceptors (Lipinski definition) is 5. The molecule has 1 heterocycles. The van der Waals surface area contributed by atoms with Crippen LogP contribution in [0.3, 0.4) is 0 Å². The van der Waals surface area contributed by atoms with Crippen LogP contribution in [-0.2, 0) is 9.59 Å². The quantitative estimate of drug-likeness (QED) is 0.722. The molecule has 0 radical (unpaired) electrons. The summed E-state index contributed by atoms with van der Waals surface area (Å²) in [5.74, 6) is -0.0642. The molecule has 2 N–H and O–H groups in total. The average molecular weight is 301 g/mol. The van der Waals surface area contributed by atoms with Gasteiger partial charge in [-0.25, -0.2) is 4.79 Å². The van der Waals surface area contributed by atoms with Crippen LogP contribution in [0.25, 0.3) is 0 Å². The Balaban J connectivity index is 2.54. The molecule has 0 aliphatic carbocycles. The molecule has 0 spiro atoms. The summed E-state index contributed by atoms with van der Waals surface area (Å²) in [6.07, 6.45) is 1.46. The van der Waals surface area contributed by atoms with Gasteiger partial charge in [0.25, 0.3) is 0 Å². The molecule has 3 atom stereocenters. The molecule has 1 aliphatic heterocycles. The minimum Gasteiger partial charge on any atom is -0.480 e. The minimum absolute atomic E-state index is 0.00581. The van der Waals surface area contributed by atoms with Crippen LogP contribution >= 0.6 is 11.8 Å². The van der Waals surface area contributed by atoms with E-state index in [4.69, 9.17) is 5.11 Å². The third-order valence-corrected chi connectivity index (χ3v) is 4.40. The summed E-state index contributed by atoms with van der Waals surface area (Å²) in [5, 5.41) is 12.5. The summed E-state index contributed by atoms with van der Waals surface area (Å²) >= 11 is 1.51. The van der Waals surface area contributed by atoms with Crippen LogP contribution < -0.4 is 5.32 Å². The Morgan fingerprint density at radius 1 is 1.55 bits per heavy atom. The predicted octanol–water partition coefficient (Wildman–Crippen LogP) is 0.677. The maximum absolute atomic E-state index is 11.8. The minimum atomic E-state index is -0.864. The normalized spacial score (nSPS) is 21.4. The van der Waals surface area contributed by atoms with Crippen LogP contribution in [0.1, 0.15) is 19.8 Å². The fraction of sp³-hybridized carbons (Fsp3) is 0.769. The highest BCUT2D eigenvalue weighted by Crippen LogP contribution is 2.25. The number of hydrogen-bond donors (Lipinski definition) is 2. The number of aliphatic imine (C=N–C) groups is 1.